The van der Waals surface area contributed by atoms with Gasteiger partial charge in [0.1, 0.15) is 0 Å². The van der Waals surface area contributed by atoms with Gasteiger partial charge in [0, 0.05) is 17.8 Å². The van der Waals surface area contributed by atoms with Crippen LogP contribution in [-0.4, -0.2) is 31.6 Å². The van der Waals surface area contributed by atoms with E-state index in [9.17, 15) is 14.4 Å². The van der Waals surface area contributed by atoms with Crippen LogP contribution in [0.15, 0.2) is 42.5 Å². The average Bonchev–Trinajstić information content (AvgIpc) is 2.69. The summed E-state index contributed by atoms with van der Waals surface area (Å²) in [7, 11) is 1.29. The number of anilines is 1. The summed E-state index contributed by atoms with van der Waals surface area (Å²) in [6.07, 6.45) is 0.0939. The standard InChI is InChI=1S/C21H23Cl2N3O4/c1-21(2,14-6-9-16(22)17(23)12-14)26-20(29)25-15-7-4-13(5-8-15)19(28)24-11-10-18(27)30-3/h4-9,12H,10-11H2,1-3H3,(H,24,28)(H2,25,26,29). The quantitative estimate of drug-likeness (QED) is 0.545. The molecule has 0 aromatic heterocycles. The fraction of sp³-hybridized carbons (Fsp3) is 0.286. The molecule has 3 amide bonds. The molecular formula is C21H23Cl2N3O4. The molecule has 0 spiro atoms. The zero-order valence-corrected chi connectivity index (χ0v) is 18.4. The van der Waals surface area contributed by atoms with Crippen molar-refractivity contribution in [2.24, 2.45) is 0 Å². The molecule has 2 aromatic carbocycles. The smallest absolute Gasteiger partial charge is 0.319 e. The van der Waals surface area contributed by atoms with Crippen molar-refractivity contribution in [3.05, 3.63) is 63.6 Å². The van der Waals surface area contributed by atoms with E-state index in [0.29, 0.717) is 21.3 Å². The van der Waals surface area contributed by atoms with Crippen LogP contribution in [0.5, 0.6) is 0 Å². The van der Waals surface area contributed by atoms with Crippen LogP contribution in [0.2, 0.25) is 10.0 Å². The molecule has 3 N–H and O–H groups in total. The third-order valence-corrected chi connectivity index (χ3v) is 5.05. The Morgan fingerprint density at radius 2 is 1.67 bits per heavy atom. The van der Waals surface area contributed by atoms with Gasteiger partial charge >= 0.3 is 12.0 Å². The van der Waals surface area contributed by atoms with Gasteiger partial charge in [0.2, 0.25) is 0 Å². The van der Waals surface area contributed by atoms with Gasteiger partial charge in [-0.15, -0.1) is 0 Å². The number of halogens is 2. The zero-order chi connectivity index (χ0) is 22.3. The zero-order valence-electron chi connectivity index (χ0n) is 16.8. The molecule has 2 rings (SSSR count). The lowest BCUT2D eigenvalue weighted by Crippen LogP contribution is -2.43. The number of carbonyl (C=O) groups excluding carboxylic acids is 3. The number of carbonyl (C=O) groups is 3. The van der Waals surface area contributed by atoms with Crippen LogP contribution < -0.4 is 16.0 Å². The van der Waals surface area contributed by atoms with E-state index in [1.807, 2.05) is 13.8 Å². The van der Waals surface area contributed by atoms with E-state index >= 15 is 0 Å². The van der Waals surface area contributed by atoms with Crippen LogP contribution >= 0.6 is 23.2 Å². The Kier molecular flexibility index (Phi) is 8.08. The maximum absolute atomic E-state index is 12.4. The van der Waals surface area contributed by atoms with E-state index in [2.05, 4.69) is 20.7 Å². The summed E-state index contributed by atoms with van der Waals surface area (Å²) in [6, 6.07) is 11.1. The molecule has 0 atom stereocenters. The molecule has 0 radical (unpaired) electrons. The molecule has 0 fully saturated rings. The van der Waals surface area contributed by atoms with E-state index < -0.39 is 17.5 Å². The van der Waals surface area contributed by atoms with Gasteiger partial charge in [-0.3, -0.25) is 9.59 Å². The number of rotatable bonds is 7. The maximum Gasteiger partial charge on any atom is 0.319 e. The first kappa shape index (κ1) is 23.5. The molecule has 160 valence electrons. The van der Waals surface area contributed by atoms with Crippen molar-refractivity contribution in [3.8, 4) is 0 Å². The Balaban J connectivity index is 1.93. The average molecular weight is 452 g/mol. The lowest BCUT2D eigenvalue weighted by atomic mass is 9.94. The van der Waals surface area contributed by atoms with Gasteiger partial charge < -0.3 is 20.7 Å². The number of nitrogens with one attached hydrogen (secondary N) is 3. The van der Waals surface area contributed by atoms with Crippen molar-refractivity contribution in [2.45, 2.75) is 25.8 Å². The number of urea groups is 1. The third kappa shape index (κ3) is 6.64. The third-order valence-electron chi connectivity index (χ3n) is 4.31. The van der Waals surface area contributed by atoms with Crippen molar-refractivity contribution in [1.82, 2.24) is 10.6 Å². The van der Waals surface area contributed by atoms with Gasteiger partial charge in [-0.2, -0.15) is 0 Å². The topological polar surface area (TPSA) is 96.5 Å². The van der Waals surface area contributed by atoms with Crippen molar-refractivity contribution in [2.75, 3.05) is 19.0 Å². The minimum Gasteiger partial charge on any atom is -0.469 e. The van der Waals surface area contributed by atoms with Gasteiger partial charge in [0.25, 0.3) is 5.91 Å². The van der Waals surface area contributed by atoms with Crippen LogP contribution in [0, 0.1) is 0 Å². The van der Waals surface area contributed by atoms with Crippen LogP contribution in [0.25, 0.3) is 0 Å². The summed E-state index contributed by atoms with van der Waals surface area (Å²) in [6.45, 7) is 3.86. The molecule has 9 heteroatoms. The Morgan fingerprint density at radius 3 is 2.27 bits per heavy atom. The first-order valence-corrected chi connectivity index (χ1v) is 9.88. The second kappa shape index (κ2) is 10.3. The van der Waals surface area contributed by atoms with Gasteiger partial charge in [-0.1, -0.05) is 29.3 Å². The molecule has 7 nitrogen and oxygen atoms in total. The highest BCUT2D eigenvalue weighted by atomic mass is 35.5. The fourth-order valence-corrected chi connectivity index (χ4v) is 2.89. The summed E-state index contributed by atoms with van der Waals surface area (Å²) in [5, 5.41) is 9.07. The second-order valence-corrected chi connectivity index (χ2v) is 7.81. The van der Waals surface area contributed by atoms with E-state index in [4.69, 9.17) is 23.2 Å². The normalized spacial score (nSPS) is 10.8. The fourth-order valence-electron chi connectivity index (χ4n) is 2.59. The molecule has 0 aliphatic carbocycles. The maximum atomic E-state index is 12.4. The second-order valence-electron chi connectivity index (χ2n) is 6.99. The molecule has 0 unspecified atom stereocenters. The highest BCUT2D eigenvalue weighted by molar-refractivity contribution is 6.42. The Morgan fingerprint density at radius 1 is 1.00 bits per heavy atom. The van der Waals surface area contributed by atoms with Crippen molar-refractivity contribution in [3.63, 3.8) is 0 Å². The van der Waals surface area contributed by atoms with E-state index in [-0.39, 0.29) is 18.9 Å². The Labute approximate surface area is 185 Å². The molecule has 0 bridgehead atoms. The number of hydrogen-bond donors (Lipinski definition) is 3. The van der Waals surface area contributed by atoms with Gasteiger partial charge in [0.05, 0.1) is 29.1 Å². The van der Waals surface area contributed by atoms with Crippen molar-refractivity contribution in [1.29, 1.82) is 0 Å². The number of hydrogen-bond acceptors (Lipinski definition) is 4. The highest BCUT2D eigenvalue weighted by Crippen LogP contribution is 2.28. The first-order chi connectivity index (χ1) is 14.1. The first-order valence-electron chi connectivity index (χ1n) is 9.12. The molecule has 0 heterocycles. The minimum atomic E-state index is -0.697. The highest BCUT2D eigenvalue weighted by Gasteiger charge is 2.23. The lowest BCUT2D eigenvalue weighted by Gasteiger charge is -2.27. The summed E-state index contributed by atoms with van der Waals surface area (Å²) >= 11 is 12.0. The van der Waals surface area contributed by atoms with Crippen molar-refractivity contribution >= 4 is 46.8 Å². The molecule has 0 saturated heterocycles. The van der Waals surface area contributed by atoms with E-state index in [1.165, 1.54) is 7.11 Å². The summed E-state index contributed by atoms with van der Waals surface area (Å²) in [5.74, 6) is -0.722. The number of amides is 3. The largest absolute Gasteiger partial charge is 0.469 e. The Bertz CT molecular complexity index is 930. The Hall–Kier alpha value is -2.77. The van der Waals surface area contributed by atoms with Crippen LogP contribution in [-0.2, 0) is 15.1 Å². The van der Waals surface area contributed by atoms with Gasteiger partial charge in [-0.05, 0) is 55.8 Å². The number of ether oxygens (including phenoxy) is 1. The van der Waals surface area contributed by atoms with Gasteiger partial charge in [0.15, 0.2) is 0 Å². The molecular weight excluding hydrogens is 429 g/mol. The van der Waals surface area contributed by atoms with E-state index in [0.717, 1.165) is 5.56 Å². The predicted molar refractivity (Wildman–Crippen MR) is 117 cm³/mol. The SMILES string of the molecule is COC(=O)CCNC(=O)c1ccc(NC(=O)NC(C)(C)c2ccc(Cl)c(Cl)c2)cc1. The van der Waals surface area contributed by atoms with Crippen LogP contribution in [0.1, 0.15) is 36.2 Å². The summed E-state index contributed by atoms with van der Waals surface area (Å²) in [4.78, 5) is 35.5. The number of benzene rings is 2. The summed E-state index contributed by atoms with van der Waals surface area (Å²) in [5.41, 5.74) is 1.02. The lowest BCUT2D eigenvalue weighted by molar-refractivity contribution is -0.140. The monoisotopic (exact) mass is 451 g/mol. The molecule has 2 aromatic rings. The number of esters is 1. The van der Waals surface area contributed by atoms with Crippen molar-refractivity contribution < 1.29 is 19.1 Å². The van der Waals surface area contributed by atoms with Crippen LogP contribution in [0.4, 0.5) is 10.5 Å². The number of methoxy groups -OCH3 is 1. The van der Waals surface area contributed by atoms with Crippen LogP contribution in [0.3, 0.4) is 0 Å². The summed E-state index contributed by atoms with van der Waals surface area (Å²) < 4.78 is 4.52. The predicted octanol–water partition coefficient (Wildman–Crippen LogP) is 4.34. The molecule has 30 heavy (non-hydrogen) atoms. The molecule has 0 saturated carbocycles. The molecule has 0 aliphatic rings. The van der Waals surface area contributed by atoms with Gasteiger partial charge in [-0.25, -0.2) is 4.79 Å². The van der Waals surface area contributed by atoms with E-state index in [1.54, 1.807) is 42.5 Å². The minimum absolute atomic E-state index is 0.0939. The molecule has 0 aliphatic heterocycles.